The summed E-state index contributed by atoms with van der Waals surface area (Å²) in [5, 5.41) is 8.21. The number of carbonyl (C=O) groups excluding carboxylic acids is 2. The second kappa shape index (κ2) is 7.14. The highest BCUT2D eigenvalue weighted by Gasteiger charge is 2.29. The number of aryl methyl sites for hydroxylation is 1. The van der Waals surface area contributed by atoms with Gasteiger partial charge >= 0.3 is 0 Å². The van der Waals surface area contributed by atoms with Crippen molar-refractivity contribution in [2.24, 2.45) is 5.92 Å². The summed E-state index contributed by atoms with van der Waals surface area (Å²) in [6.07, 6.45) is 1.99. The van der Waals surface area contributed by atoms with Gasteiger partial charge in [0.25, 0.3) is 0 Å². The van der Waals surface area contributed by atoms with Crippen molar-refractivity contribution in [3.8, 4) is 0 Å². The maximum atomic E-state index is 11.9. The smallest absolute Gasteiger partial charge is 0.236 e. The van der Waals surface area contributed by atoms with Gasteiger partial charge < -0.3 is 10.6 Å². The average Bonchev–Trinajstić information content (AvgIpc) is 3.31. The topological polar surface area (TPSA) is 71.1 Å². The summed E-state index contributed by atoms with van der Waals surface area (Å²) >= 11 is 2.87. The fraction of sp³-hybridized carbons (Fsp3) is 0.312. The molecule has 2 aromatic rings. The molecule has 0 atom stereocenters. The quantitative estimate of drug-likeness (QED) is 0.784. The molecule has 1 fully saturated rings. The van der Waals surface area contributed by atoms with Crippen molar-refractivity contribution in [1.29, 1.82) is 0 Å². The minimum absolute atomic E-state index is 0.0736. The van der Waals surface area contributed by atoms with E-state index < -0.39 is 0 Å². The zero-order chi connectivity index (χ0) is 16.2. The van der Waals surface area contributed by atoms with Gasteiger partial charge in [0, 0.05) is 21.9 Å². The summed E-state index contributed by atoms with van der Waals surface area (Å²) in [6.45, 7) is 1.89. The van der Waals surface area contributed by atoms with Crippen LogP contribution in [-0.4, -0.2) is 22.6 Å². The Bertz CT molecular complexity index is 708. The van der Waals surface area contributed by atoms with Crippen molar-refractivity contribution < 1.29 is 9.59 Å². The number of hydrogen-bond acceptors (Lipinski definition) is 5. The lowest BCUT2D eigenvalue weighted by atomic mass is 10.3. The molecule has 7 heteroatoms. The second-order valence-electron chi connectivity index (χ2n) is 5.42. The van der Waals surface area contributed by atoms with E-state index in [4.69, 9.17) is 0 Å². The minimum atomic E-state index is -0.0736. The molecule has 1 heterocycles. The molecule has 1 aromatic heterocycles. The fourth-order valence-corrected chi connectivity index (χ4v) is 3.34. The van der Waals surface area contributed by atoms with Crippen LogP contribution in [0.1, 0.15) is 18.5 Å². The van der Waals surface area contributed by atoms with E-state index in [1.165, 1.54) is 23.1 Å². The first kappa shape index (κ1) is 16.0. The highest BCUT2D eigenvalue weighted by Crippen LogP contribution is 2.30. The molecule has 1 aliphatic rings. The summed E-state index contributed by atoms with van der Waals surface area (Å²) in [7, 11) is 0. The Morgan fingerprint density at radius 2 is 2.00 bits per heavy atom. The van der Waals surface area contributed by atoms with Gasteiger partial charge in [-0.3, -0.25) is 9.59 Å². The number of anilines is 2. The third-order valence-corrected chi connectivity index (χ3v) is 5.19. The van der Waals surface area contributed by atoms with Crippen LogP contribution in [0.15, 0.2) is 34.5 Å². The lowest BCUT2D eigenvalue weighted by molar-refractivity contribution is -0.117. The predicted molar refractivity (Wildman–Crippen MR) is 94.0 cm³/mol. The van der Waals surface area contributed by atoms with E-state index in [0.29, 0.717) is 10.9 Å². The summed E-state index contributed by atoms with van der Waals surface area (Å²) < 4.78 is 0. The van der Waals surface area contributed by atoms with Crippen LogP contribution in [-0.2, 0) is 9.59 Å². The molecule has 0 saturated heterocycles. The molecule has 1 saturated carbocycles. The second-order valence-corrected chi connectivity index (χ2v) is 7.33. The number of hydrogen-bond donors (Lipinski definition) is 2. The normalized spacial score (nSPS) is 13.6. The molecule has 120 valence electrons. The minimum Gasteiger partial charge on any atom is -0.326 e. The molecular weight excluding hydrogens is 330 g/mol. The molecule has 0 unspecified atom stereocenters. The maximum Gasteiger partial charge on any atom is 0.236 e. The fourth-order valence-electron chi connectivity index (χ4n) is 1.94. The highest BCUT2D eigenvalue weighted by molar-refractivity contribution is 8.00. The van der Waals surface area contributed by atoms with Crippen LogP contribution >= 0.6 is 23.1 Å². The Kier molecular flexibility index (Phi) is 4.97. The van der Waals surface area contributed by atoms with E-state index in [2.05, 4.69) is 15.6 Å². The van der Waals surface area contributed by atoms with Gasteiger partial charge in [0.05, 0.1) is 11.4 Å². The van der Waals surface area contributed by atoms with Gasteiger partial charge in [0.15, 0.2) is 5.13 Å². The third-order valence-electron chi connectivity index (χ3n) is 3.31. The summed E-state index contributed by atoms with van der Waals surface area (Å²) in [5.41, 5.74) is 1.70. The van der Waals surface area contributed by atoms with Crippen molar-refractivity contribution in [2.45, 2.75) is 24.7 Å². The number of thioether (sulfide) groups is 1. The van der Waals surface area contributed by atoms with Gasteiger partial charge in [0.1, 0.15) is 0 Å². The first-order valence-electron chi connectivity index (χ1n) is 7.36. The van der Waals surface area contributed by atoms with Gasteiger partial charge in [-0.05, 0) is 44.0 Å². The summed E-state index contributed by atoms with van der Waals surface area (Å²) in [4.78, 5) is 28.7. The van der Waals surface area contributed by atoms with Crippen molar-refractivity contribution >= 4 is 45.7 Å². The SMILES string of the molecule is Cc1csc(NC(=O)CSc2ccc(NC(=O)C3CC3)cc2)n1. The van der Waals surface area contributed by atoms with Crippen molar-refractivity contribution in [2.75, 3.05) is 16.4 Å². The Hall–Kier alpha value is -1.86. The van der Waals surface area contributed by atoms with Crippen LogP contribution in [0.2, 0.25) is 0 Å². The van der Waals surface area contributed by atoms with E-state index >= 15 is 0 Å². The van der Waals surface area contributed by atoms with Crippen LogP contribution < -0.4 is 10.6 Å². The van der Waals surface area contributed by atoms with E-state index in [-0.39, 0.29) is 17.7 Å². The lowest BCUT2D eigenvalue weighted by Gasteiger charge is -2.06. The van der Waals surface area contributed by atoms with Crippen LogP contribution in [0.25, 0.3) is 0 Å². The maximum absolute atomic E-state index is 11.9. The van der Waals surface area contributed by atoms with Gasteiger partial charge in [-0.25, -0.2) is 4.98 Å². The first-order chi connectivity index (χ1) is 11.1. The number of nitrogens with zero attached hydrogens (tertiary/aromatic N) is 1. The van der Waals surface area contributed by atoms with Gasteiger partial charge in [0.2, 0.25) is 11.8 Å². The number of amides is 2. The van der Waals surface area contributed by atoms with Gasteiger partial charge in [-0.15, -0.1) is 23.1 Å². The molecule has 0 aliphatic heterocycles. The number of thiazole rings is 1. The number of benzene rings is 1. The molecule has 2 N–H and O–H groups in total. The monoisotopic (exact) mass is 347 g/mol. The number of nitrogens with one attached hydrogen (secondary N) is 2. The standard InChI is InChI=1S/C16H17N3O2S2/c1-10-8-23-16(17-10)19-14(20)9-22-13-6-4-12(5-7-13)18-15(21)11-2-3-11/h4-8,11H,2-3,9H2,1H3,(H,18,21)(H,17,19,20). The molecular formula is C16H17N3O2S2. The highest BCUT2D eigenvalue weighted by atomic mass is 32.2. The Morgan fingerprint density at radius 3 is 2.61 bits per heavy atom. The molecule has 1 aromatic carbocycles. The molecule has 1 aliphatic carbocycles. The van der Waals surface area contributed by atoms with Crippen LogP contribution in [0.3, 0.4) is 0 Å². The first-order valence-corrected chi connectivity index (χ1v) is 9.22. The summed E-state index contributed by atoms with van der Waals surface area (Å²) in [6, 6.07) is 7.55. The van der Waals surface area contributed by atoms with Crippen LogP contribution in [0, 0.1) is 12.8 Å². The van der Waals surface area contributed by atoms with Crippen molar-refractivity contribution in [3.63, 3.8) is 0 Å². The molecule has 0 bridgehead atoms. The molecule has 0 spiro atoms. The van der Waals surface area contributed by atoms with Crippen molar-refractivity contribution in [3.05, 3.63) is 35.3 Å². The Morgan fingerprint density at radius 1 is 1.26 bits per heavy atom. The Balaban J connectivity index is 1.46. The third kappa shape index (κ3) is 4.80. The zero-order valence-corrected chi connectivity index (χ0v) is 14.3. The number of aromatic nitrogens is 1. The largest absolute Gasteiger partial charge is 0.326 e. The molecule has 2 amide bonds. The van der Waals surface area contributed by atoms with Crippen molar-refractivity contribution in [1.82, 2.24) is 4.98 Å². The van der Waals surface area contributed by atoms with Crippen LogP contribution in [0.4, 0.5) is 10.8 Å². The molecule has 3 rings (SSSR count). The predicted octanol–water partition coefficient (Wildman–Crippen LogP) is 3.53. The van der Waals surface area contributed by atoms with E-state index in [9.17, 15) is 9.59 Å². The summed E-state index contributed by atoms with van der Waals surface area (Å²) in [5.74, 6) is 0.549. The molecule has 5 nitrogen and oxygen atoms in total. The zero-order valence-electron chi connectivity index (χ0n) is 12.7. The number of carbonyl (C=O) groups is 2. The van der Waals surface area contributed by atoms with E-state index in [1.807, 2.05) is 36.6 Å². The molecule has 23 heavy (non-hydrogen) atoms. The Labute approximate surface area is 142 Å². The number of rotatable bonds is 6. The average molecular weight is 347 g/mol. The van der Waals surface area contributed by atoms with Crippen LogP contribution in [0.5, 0.6) is 0 Å². The lowest BCUT2D eigenvalue weighted by Crippen LogP contribution is -2.14. The van der Waals surface area contributed by atoms with Gasteiger partial charge in [-0.1, -0.05) is 0 Å². The van der Waals surface area contributed by atoms with Gasteiger partial charge in [-0.2, -0.15) is 0 Å². The van der Waals surface area contributed by atoms with E-state index in [0.717, 1.165) is 29.1 Å². The molecule has 0 radical (unpaired) electrons. The van der Waals surface area contributed by atoms with E-state index in [1.54, 1.807) is 0 Å².